The summed E-state index contributed by atoms with van der Waals surface area (Å²) in [7, 11) is 0. The van der Waals surface area contributed by atoms with E-state index in [1.807, 2.05) is 19.2 Å². The third-order valence-corrected chi connectivity index (χ3v) is 4.88. The molecule has 1 aromatic heterocycles. The molecule has 1 saturated carbocycles. The Hall–Kier alpha value is -0.610. The Morgan fingerprint density at radius 2 is 2.24 bits per heavy atom. The molecule has 0 aliphatic heterocycles. The smallest absolute Gasteiger partial charge is 0.188 e. The molecule has 0 bridgehead atoms. The van der Waals surface area contributed by atoms with Gasteiger partial charge in [-0.1, -0.05) is 32.0 Å². The number of aryl methyl sites for hydroxylation is 1. The van der Waals surface area contributed by atoms with Crippen molar-refractivity contribution in [2.24, 2.45) is 11.1 Å². The van der Waals surface area contributed by atoms with Crippen LogP contribution in [0.1, 0.15) is 38.8 Å². The van der Waals surface area contributed by atoms with Gasteiger partial charge in [0.1, 0.15) is 0 Å². The van der Waals surface area contributed by atoms with E-state index in [-0.39, 0.29) is 11.5 Å². The highest BCUT2D eigenvalue weighted by Gasteiger charge is 2.37. The Morgan fingerprint density at radius 1 is 1.47 bits per heavy atom. The van der Waals surface area contributed by atoms with Crippen LogP contribution in [-0.2, 0) is 0 Å². The van der Waals surface area contributed by atoms with E-state index < -0.39 is 0 Å². The number of aromatic nitrogens is 2. The molecular formula is C13H21N3S. The van der Waals surface area contributed by atoms with Crippen molar-refractivity contribution in [1.82, 2.24) is 9.97 Å². The van der Waals surface area contributed by atoms with Crippen LogP contribution in [-0.4, -0.2) is 21.3 Å². The number of thioether (sulfide) groups is 1. The molecule has 1 heterocycles. The van der Waals surface area contributed by atoms with Gasteiger partial charge in [0.15, 0.2) is 5.16 Å². The molecule has 3 nitrogen and oxygen atoms in total. The van der Waals surface area contributed by atoms with Crippen LogP contribution < -0.4 is 5.73 Å². The summed E-state index contributed by atoms with van der Waals surface area (Å²) < 4.78 is 0. The monoisotopic (exact) mass is 251 g/mol. The summed E-state index contributed by atoms with van der Waals surface area (Å²) >= 11 is 1.74. The van der Waals surface area contributed by atoms with Gasteiger partial charge in [0, 0.05) is 23.2 Å². The Bertz CT molecular complexity index is 392. The van der Waals surface area contributed by atoms with E-state index in [0.29, 0.717) is 5.25 Å². The minimum Gasteiger partial charge on any atom is -0.326 e. The Balaban J connectivity index is 2.08. The van der Waals surface area contributed by atoms with Gasteiger partial charge < -0.3 is 5.73 Å². The van der Waals surface area contributed by atoms with Crippen molar-refractivity contribution in [2.45, 2.75) is 56.5 Å². The van der Waals surface area contributed by atoms with E-state index in [9.17, 15) is 0 Å². The average Bonchev–Trinajstić information content (AvgIpc) is 2.25. The topological polar surface area (TPSA) is 51.8 Å². The number of nitrogens with zero attached hydrogens (tertiary/aromatic N) is 2. The zero-order chi connectivity index (χ0) is 12.5. The molecule has 2 atom stereocenters. The van der Waals surface area contributed by atoms with E-state index in [2.05, 4.69) is 23.8 Å². The summed E-state index contributed by atoms with van der Waals surface area (Å²) in [5, 5.41) is 1.31. The standard InChI is InChI=1S/C13H21N3S/c1-9-6-8-15-12(16-9)17-10-5-4-7-13(2,3)11(10)14/h6,8,10-11H,4-5,7,14H2,1-3H3. The van der Waals surface area contributed by atoms with Gasteiger partial charge in [0.2, 0.25) is 0 Å². The molecule has 1 fully saturated rings. The highest BCUT2D eigenvalue weighted by Crippen LogP contribution is 2.40. The molecule has 94 valence electrons. The summed E-state index contributed by atoms with van der Waals surface area (Å²) in [6.07, 6.45) is 5.47. The zero-order valence-corrected chi connectivity index (χ0v) is 11.6. The second-order valence-electron chi connectivity index (χ2n) is 5.54. The first-order valence-corrected chi connectivity index (χ1v) is 7.09. The van der Waals surface area contributed by atoms with Gasteiger partial charge in [0.05, 0.1) is 0 Å². The van der Waals surface area contributed by atoms with Gasteiger partial charge in [0.25, 0.3) is 0 Å². The van der Waals surface area contributed by atoms with Crippen LogP contribution in [0.25, 0.3) is 0 Å². The first-order chi connectivity index (χ1) is 7.99. The molecular weight excluding hydrogens is 230 g/mol. The third-order valence-electron chi connectivity index (χ3n) is 3.64. The largest absolute Gasteiger partial charge is 0.326 e. The lowest BCUT2D eigenvalue weighted by Gasteiger charge is -2.41. The quantitative estimate of drug-likeness (QED) is 0.821. The maximum atomic E-state index is 6.37. The lowest BCUT2D eigenvalue weighted by molar-refractivity contribution is 0.208. The van der Waals surface area contributed by atoms with Crippen LogP contribution in [0.15, 0.2) is 17.4 Å². The Labute approximate surface area is 108 Å². The lowest BCUT2D eigenvalue weighted by Crippen LogP contribution is -2.48. The molecule has 1 aliphatic carbocycles. The van der Waals surface area contributed by atoms with Crippen LogP contribution in [0.4, 0.5) is 0 Å². The number of rotatable bonds is 2. The highest BCUT2D eigenvalue weighted by molar-refractivity contribution is 7.99. The van der Waals surface area contributed by atoms with Crippen LogP contribution in [0.2, 0.25) is 0 Å². The normalized spacial score (nSPS) is 28.0. The van der Waals surface area contributed by atoms with Gasteiger partial charge in [-0.2, -0.15) is 0 Å². The second kappa shape index (κ2) is 4.94. The fraction of sp³-hybridized carbons (Fsp3) is 0.692. The van der Waals surface area contributed by atoms with Gasteiger partial charge >= 0.3 is 0 Å². The van der Waals surface area contributed by atoms with Crippen molar-refractivity contribution in [2.75, 3.05) is 0 Å². The highest BCUT2D eigenvalue weighted by atomic mass is 32.2. The number of hydrogen-bond donors (Lipinski definition) is 1. The summed E-state index contributed by atoms with van der Waals surface area (Å²) in [6, 6.07) is 2.15. The summed E-state index contributed by atoms with van der Waals surface area (Å²) in [5.41, 5.74) is 7.62. The fourth-order valence-electron chi connectivity index (χ4n) is 2.36. The molecule has 17 heavy (non-hydrogen) atoms. The molecule has 2 unspecified atom stereocenters. The van der Waals surface area contributed by atoms with Crippen molar-refractivity contribution < 1.29 is 0 Å². The van der Waals surface area contributed by atoms with Crippen molar-refractivity contribution in [3.05, 3.63) is 18.0 Å². The maximum absolute atomic E-state index is 6.37. The van der Waals surface area contributed by atoms with E-state index in [1.165, 1.54) is 19.3 Å². The average molecular weight is 251 g/mol. The van der Waals surface area contributed by atoms with Crippen LogP contribution in [0.5, 0.6) is 0 Å². The minimum absolute atomic E-state index is 0.227. The van der Waals surface area contributed by atoms with Crippen molar-refractivity contribution in [3.63, 3.8) is 0 Å². The number of hydrogen-bond acceptors (Lipinski definition) is 4. The molecule has 0 spiro atoms. The molecule has 0 amide bonds. The van der Waals surface area contributed by atoms with E-state index in [4.69, 9.17) is 5.73 Å². The Morgan fingerprint density at radius 3 is 2.94 bits per heavy atom. The van der Waals surface area contributed by atoms with Gasteiger partial charge in [-0.25, -0.2) is 9.97 Å². The molecule has 2 rings (SSSR count). The minimum atomic E-state index is 0.227. The summed E-state index contributed by atoms with van der Waals surface area (Å²) in [5.74, 6) is 0. The van der Waals surface area contributed by atoms with Crippen LogP contribution in [0, 0.1) is 12.3 Å². The molecule has 1 aromatic rings. The van der Waals surface area contributed by atoms with Gasteiger partial charge in [-0.3, -0.25) is 0 Å². The lowest BCUT2D eigenvalue weighted by atomic mass is 9.73. The first-order valence-electron chi connectivity index (χ1n) is 6.21. The van der Waals surface area contributed by atoms with Gasteiger partial charge in [-0.05, 0) is 31.2 Å². The molecule has 4 heteroatoms. The van der Waals surface area contributed by atoms with Crippen molar-refractivity contribution >= 4 is 11.8 Å². The van der Waals surface area contributed by atoms with Crippen LogP contribution >= 0.6 is 11.8 Å². The SMILES string of the molecule is Cc1ccnc(SC2CCCC(C)(C)C2N)n1. The zero-order valence-electron chi connectivity index (χ0n) is 10.8. The molecule has 0 aromatic carbocycles. The predicted molar refractivity (Wildman–Crippen MR) is 72.0 cm³/mol. The number of nitrogens with two attached hydrogens (primary N) is 1. The predicted octanol–water partition coefficient (Wildman–Crippen LogP) is 2.78. The molecule has 0 radical (unpaired) electrons. The van der Waals surface area contributed by atoms with E-state index >= 15 is 0 Å². The summed E-state index contributed by atoms with van der Waals surface area (Å²) in [4.78, 5) is 8.76. The van der Waals surface area contributed by atoms with Crippen LogP contribution in [0.3, 0.4) is 0 Å². The Kier molecular flexibility index (Phi) is 3.73. The van der Waals surface area contributed by atoms with E-state index in [0.717, 1.165) is 10.9 Å². The van der Waals surface area contributed by atoms with E-state index in [1.54, 1.807) is 11.8 Å². The second-order valence-corrected chi connectivity index (χ2v) is 6.75. The van der Waals surface area contributed by atoms with Crippen molar-refractivity contribution in [1.29, 1.82) is 0 Å². The molecule has 2 N–H and O–H groups in total. The third kappa shape index (κ3) is 2.99. The van der Waals surface area contributed by atoms with Gasteiger partial charge in [-0.15, -0.1) is 0 Å². The maximum Gasteiger partial charge on any atom is 0.188 e. The summed E-state index contributed by atoms with van der Waals surface area (Å²) in [6.45, 7) is 6.53. The fourth-order valence-corrected chi connectivity index (χ4v) is 3.75. The molecule has 0 saturated heterocycles. The molecule has 1 aliphatic rings. The van der Waals surface area contributed by atoms with Crippen molar-refractivity contribution in [3.8, 4) is 0 Å². The first kappa shape index (κ1) is 12.8.